The third-order valence-electron chi connectivity index (χ3n) is 17.0. The van der Waals surface area contributed by atoms with Gasteiger partial charge in [0.05, 0.1) is 5.54 Å². The molecule has 4 heteroatoms. The highest BCUT2D eigenvalue weighted by molar-refractivity contribution is 7.00. The Bertz CT molecular complexity index is 2980. The maximum absolute atomic E-state index is 2.79. The van der Waals surface area contributed by atoms with Crippen LogP contribution in [0.4, 0.5) is 45.5 Å². The minimum atomic E-state index is -0.109. The molecule has 4 aliphatic rings. The predicted octanol–water partition coefficient (Wildman–Crippen LogP) is 16.0. The number of anilines is 8. The normalized spacial score (nSPS) is 20.2. The van der Waals surface area contributed by atoms with Crippen molar-refractivity contribution in [3.63, 3.8) is 0 Å². The number of fused-ring (bicyclic) bond motifs is 7. The molecule has 1 aliphatic carbocycles. The molecule has 0 radical (unpaired) electrons. The van der Waals surface area contributed by atoms with E-state index in [4.69, 9.17) is 0 Å². The van der Waals surface area contributed by atoms with E-state index in [1.165, 1.54) is 115 Å². The van der Waals surface area contributed by atoms with E-state index >= 15 is 0 Å². The summed E-state index contributed by atoms with van der Waals surface area (Å²) in [4.78, 5) is 8.06. The summed E-state index contributed by atoms with van der Waals surface area (Å²) in [6, 6.07) is 46.5. The van der Waals surface area contributed by atoms with Crippen LogP contribution >= 0.6 is 0 Å². The quantitative estimate of drug-likeness (QED) is 0.164. The summed E-state index contributed by atoms with van der Waals surface area (Å²) in [5.74, 6) is 0. The maximum Gasteiger partial charge on any atom is 0.252 e. The first kappa shape index (κ1) is 46.5. The van der Waals surface area contributed by atoms with Gasteiger partial charge in [-0.05, 0) is 157 Å². The fourth-order valence-electron chi connectivity index (χ4n) is 12.4. The molecular weight excluding hydrogens is 822 g/mol. The van der Waals surface area contributed by atoms with Crippen molar-refractivity contribution in [3.05, 3.63) is 149 Å². The van der Waals surface area contributed by atoms with Crippen LogP contribution < -0.4 is 31.1 Å². The molecule has 3 heterocycles. The van der Waals surface area contributed by atoms with E-state index in [2.05, 4.69) is 248 Å². The Kier molecular flexibility index (Phi) is 10.4. The van der Waals surface area contributed by atoms with E-state index in [0.29, 0.717) is 0 Å². The van der Waals surface area contributed by atoms with Crippen molar-refractivity contribution in [3.8, 4) is 0 Å². The monoisotopic (exact) mass is 900 g/mol. The molecule has 1 fully saturated rings. The van der Waals surface area contributed by atoms with Gasteiger partial charge in [0.1, 0.15) is 0 Å². The molecule has 6 aromatic rings. The molecule has 2 unspecified atom stereocenters. The van der Waals surface area contributed by atoms with Crippen LogP contribution in [-0.4, -0.2) is 12.3 Å². The van der Waals surface area contributed by atoms with Gasteiger partial charge in [0.2, 0.25) is 0 Å². The second kappa shape index (κ2) is 15.1. The van der Waals surface area contributed by atoms with E-state index in [1.807, 2.05) is 0 Å². The number of nitrogens with zero attached hydrogens (tertiary/aromatic N) is 3. The first-order valence-electron chi connectivity index (χ1n) is 25.8. The summed E-state index contributed by atoms with van der Waals surface area (Å²) >= 11 is 0. The molecule has 0 N–H and O–H groups in total. The second-order valence-electron chi connectivity index (χ2n) is 26.8. The molecule has 3 nitrogen and oxygen atoms in total. The molecule has 352 valence electrons. The van der Waals surface area contributed by atoms with Crippen LogP contribution in [0.3, 0.4) is 0 Å². The number of hydrogen-bond donors (Lipinski definition) is 0. The molecule has 2 atom stereocenters. The number of rotatable bonds is 3. The summed E-state index contributed by atoms with van der Waals surface area (Å²) in [7, 11) is 0. The van der Waals surface area contributed by atoms with Crippen LogP contribution in [0, 0.1) is 0 Å². The van der Waals surface area contributed by atoms with Crippen molar-refractivity contribution in [2.75, 3.05) is 14.7 Å². The lowest BCUT2D eigenvalue weighted by Crippen LogP contribution is -2.61. The van der Waals surface area contributed by atoms with Gasteiger partial charge in [0, 0.05) is 50.9 Å². The van der Waals surface area contributed by atoms with Crippen LogP contribution in [-0.2, 0) is 32.5 Å². The van der Waals surface area contributed by atoms with Gasteiger partial charge >= 0.3 is 0 Å². The number of hydrogen-bond acceptors (Lipinski definition) is 3. The molecule has 3 aliphatic heterocycles. The summed E-state index contributed by atoms with van der Waals surface area (Å²) in [5.41, 5.74) is 22.5. The lowest BCUT2D eigenvalue weighted by molar-refractivity contribution is 0.195. The zero-order chi connectivity index (χ0) is 48.9. The van der Waals surface area contributed by atoms with Crippen molar-refractivity contribution in [2.24, 2.45) is 0 Å². The molecular formula is C64H78BN3. The second-order valence-corrected chi connectivity index (χ2v) is 26.8. The van der Waals surface area contributed by atoms with Crippen LogP contribution in [0.25, 0.3) is 0 Å². The summed E-state index contributed by atoms with van der Waals surface area (Å²) < 4.78 is 0. The Morgan fingerprint density at radius 2 is 0.868 bits per heavy atom. The SMILES string of the molecule is CC(C)(C)c1ccc(N2c3cc(N4c5ccc(C(C)(C)C)cc5C5(C)CCCCC45C)ccc3B3c4ccc(C(C)(C)C)cc4N(c4cccc(C(C)(C)C)c4)c4cc(C(C)(C)C)cc2c43)cc1. The predicted molar refractivity (Wildman–Crippen MR) is 297 cm³/mol. The van der Waals surface area contributed by atoms with E-state index in [9.17, 15) is 0 Å². The zero-order valence-electron chi connectivity index (χ0n) is 44.7. The maximum atomic E-state index is 2.79. The fourth-order valence-corrected chi connectivity index (χ4v) is 12.4. The van der Waals surface area contributed by atoms with E-state index in [-0.39, 0.29) is 44.7 Å². The molecule has 0 amide bonds. The molecule has 6 aromatic carbocycles. The van der Waals surface area contributed by atoms with Crippen molar-refractivity contribution < 1.29 is 0 Å². The molecule has 0 spiro atoms. The Morgan fingerprint density at radius 3 is 1.47 bits per heavy atom. The van der Waals surface area contributed by atoms with Crippen molar-refractivity contribution in [1.29, 1.82) is 0 Å². The minimum Gasteiger partial charge on any atom is -0.334 e. The van der Waals surface area contributed by atoms with Gasteiger partial charge in [-0.3, -0.25) is 0 Å². The Hall–Kier alpha value is -5.22. The Morgan fingerprint density at radius 1 is 0.397 bits per heavy atom. The Balaban J connectivity index is 1.29. The van der Waals surface area contributed by atoms with Gasteiger partial charge < -0.3 is 14.7 Å². The lowest BCUT2D eigenvalue weighted by atomic mass is 9.33. The van der Waals surface area contributed by atoms with Crippen molar-refractivity contribution >= 4 is 68.6 Å². The van der Waals surface area contributed by atoms with Crippen LogP contribution in [0.15, 0.2) is 115 Å². The lowest BCUT2D eigenvalue weighted by Gasteiger charge is -2.51. The smallest absolute Gasteiger partial charge is 0.252 e. The third-order valence-corrected chi connectivity index (χ3v) is 17.0. The van der Waals surface area contributed by atoms with Gasteiger partial charge in [-0.25, -0.2) is 0 Å². The first-order chi connectivity index (χ1) is 31.6. The summed E-state index contributed by atoms with van der Waals surface area (Å²) in [6.07, 6.45) is 4.88. The van der Waals surface area contributed by atoms with Crippen molar-refractivity contribution in [1.82, 2.24) is 0 Å². The fraction of sp³-hybridized carbons (Fsp3) is 0.438. The summed E-state index contributed by atoms with van der Waals surface area (Å²) in [6.45, 7) is 40.4. The van der Waals surface area contributed by atoms with Gasteiger partial charge in [-0.2, -0.15) is 0 Å². The topological polar surface area (TPSA) is 9.72 Å². The van der Waals surface area contributed by atoms with E-state index in [1.54, 1.807) is 0 Å². The van der Waals surface area contributed by atoms with Gasteiger partial charge in [0.25, 0.3) is 6.71 Å². The first-order valence-corrected chi connectivity index (χ1v) is 25.8. The third kappa shape index (κ3) is 7.19. The van der Waals surface area contributed by atoms with Crippen LogP contribution in [0.2, 0.25) is 0 Å². The molecule has 0 saturated heterocycles. The minimum absolute atomic E-state index is 0.000631. The molecule has 1 saturated carbocycles. The average molecular weight is 900 g/mol. The van der Waals surface area contributed by atoms with E-state index in [0.717, 1.165) is 6.42 Å². The van der Waals surface area contributed by atoms with Crippen LogP contribution in [0.1, 0.15) is 177 Å². The highest BCUT2D eigenvalue weighted by Gasteiger charge is 2.58. The zero-order valence-corrected chi connectivity index (χ0v) is 44.7. The Labute approximate surface area is 411 Å². The average Bonchev–Trinajstić information content (AvgIpc) is 3.46. The van der Waals surface area contributed by atoms with E-state index < -0.39 is 0 Å². The van der Waals surface area contributed by atoms with Gasteiger partial charge in [-0.1, -0.05) is 178 Å². The van der Waals surface area contributed by atoms with Crippen LogP contribution in [0.5, 0.6) is 0 Å². The van der Waals surface area contributed by atoms with Gasteiger partial charge in [0.15, 0.2) is 0 Å². The molecule has 0 bridgehead atoms. The van der Waals surface area contributed by atoms with Crippen molar-refractivity contribution in [2.45, 2.75) is 181 Å². The highest BCUT2D eigenvalue weighted by Crippen LogP contribution is 2.62. The van der Waals surface area contributed by atoms with Gasteiger partial charge in [-0.15, -0.1) is 0 Å². The summed E-state index contributed by atoms with van der Waals surface area (Å²) in [5, 5.41) is 0. The highest BCUT2D eigenvalue weighted by atomic mass is 15.3. The largest absolute Gasteiger partial charge is 0.334 e. The standard InChI is InChI=1S/C64H78BN3/c1-58(2,3)41-23-27-46(28-24-41)66-54-40-48(68-52-32-26-43(60(7,8)9)36-49(52)63(16)33-18-19-34-64(63,68)17)29-31-51(54)65-50-30-25-44(61(10,11)12)37-53(50)67(47-22-20-21-42(35-47)59(4,5)6)56-39-45(62(13,14)15)38-55(66)57(56)65/h20-32,35-40H,18-19,33-34H2,1-17H3. The molecule has 68 heavy (non-hydrogen) atoms. The number of benzene rings is 6. The molecule has 0 aromatic heterocycles. The molecule has 10 rings (SSSR count).